The van der Waals surface area contributed by atoms with E-state index in [1.54, 1.807) is 11.9 Å². The Kier molecular flexibility index (Phi) is 5.25. The van der Waals surface area contributed by atoms with Crippen LogP contribution >= 0.6 is 0 Å². The highest BCUT2D eigenvalue weighted by atomic mass is 19.4. The van der Waals surface area contributed by atoms with Crippen LogP contribution < -0.4 is 10.6 Å². The molecule has 180 valence electrons. The number of likely N-dealkylation sites (tertiary alicyclic amines) is 1. The number of rotatable bonds is 4. The van der Waals surface area contributed by atoms with Gasteiger partial charge in [-0.2, -0.15) is 13.2 Å². The molecule has 1 aromatic heterocycles. The smallest absolute Gasteiger partial charge is 0.419 e. The molecule has 7 nitrogen and oxygen atoms in total. The van der Waals surface area contributed by atoms with E-state index >= 15 is 0 Å². The number of alkyl halides is 3. The Morgan fingerprint density at radius 2 is 1.94 bits per heavy atom. The number of hydrogen-bond acceptors (Lipinski definition) is 5. The zero-order valence-electron chi connectivity index (χ0n) is 18.6. The van der Waals surface area contributed by atoms with E-state index < -0.39 is 23.2 Å². The van der Waals surface area contributed by atoms with E-state index in [1.165, 1.54) is 17.2 Å². The standard InChI is InChI=1S/C23H29F3N4O3/c1-29(19-17(23(24,25)26)3-2-5-28-19)16-4-6-30(12-16)21(32)33-18-14-7-13-8-15(18)11-22(9-13,10-14)20(27)31/h2-3,5,13-16,18H,4,6-12H2,1H3,(H2,27,31)/t13?,14-,15?,16?,18?,22?/m0/s1. The summed E-state index contributed by atoms with van der Waals surface area (Å²) in [5, 5.41) is 0. The lowest BCUT2D eigenvalue weighted by atomic mass is 9.48. The third kappa shape index (κ3) is 3.81. The molecule has 1 saturated heterocycles. The van der Waals surface area contributed by atoms with Crippen LogP contribution in [0.25, 0.3) is 0 Å². The molecule has 4 aliphatic carbocycles. The maximum absolute atomic E-state index is 13.4. The second-order valence-electron chi connectivity index (χ2n) is 10.3. The van der Waals surface area contributed by atoms with Gasteiger partial charge in [0.2, 0.25) is 5.91 Å². The lowest BCUT2D eigenvalue weighted by molar-refractivity contribution is -0.161. The fourth-order valence-electron chi connectivity index (χ4n) is 6.96. The summed E-state index contributed by atoms with van der Waals surface area (Å²) in [6, 6.07) is 2.00. The van der Waals surface area contributed by atoms with Gasteiger partial charge in [-0.3, -0.25) is 4.79 Å². The summed E-state index contributed by atoms with van der Waals surface area (Å²) in [6.45, 7) is 0.692. The van der Waals surface area contributed by atoms with Crippen molar-refractivity contribution in [2.75, 3.05) is 25.0 Å². The molecule has 1 aromatic rings. The molecule has 4 saturated carbocycles. The average Bonchev–Trinajstić information content (AvgIpc) is 3.25. The number of carbonyl (C=O) groups is 2. The Bertz CT molecular complexity index is 939. The molecule has 2 amide bonds. The van der Waals surface area contributed by atoms with Gasteiger partial charge < -0.3 is 20.3 Å². The number of nitrogens with zero attached hydrogens (tertiary/aromatic N) is 3. The van der Waals surface area contributed by atoms with Gasteiger partial charge in [0, 0.05) is 32.4 Å². The topological polar surface area (TPSA) is 88.8 Å². The van der Waals surface area contributed by atoms with Crippen LogP contribution in [0.3, 0.4) is 0 Å². The minimum atomic E-state index is -4.50. The number of halogens is 3. The molecular weight excluding hydrogens is 437 g/mol. The van der Waals surface area contributed by atoms with Crippen molar-refractivity contribution >= 4 is 17.8 Å². The van der Waals surface area contributed by atoms with Gasteiger partial charge >= 0.3 is 12.3 Å². The van der Waals surface area contributed by atoms with E-state index in [0.717, 1.165) is 25.3 Å². The van der Waals surface area contributed by atoms with E-state index in [1.807, 2.05) is 0 Å². The third-order valence-corrected chi connectivity index (χ3v) is 8.34. The van der Waals surface area contributed by atoms with Gasteiger partial charge in [-0.1, -0.05) is 0 Å². The van der Waals surface area contributed by atoms with E-state index in [2.05, 4.69) is 4.98 Å². The summed E-state index contributed by atoms with van der Waals surface area (Å²) in [4.78, 5) is 32.1. The molecule has 5 unspecified atom stereocenters. The van der Waals surface area contributed by atoms with Crippen LogP contribution in [0, 0.1) is 23.2 Å². The zero-order valence-corrected chi connectivity index (χ0v) is 18.6. The monoisotopic (exact) mass is 466 g/mol. The van der Waals surface area contributed by atoms with E-state index in [-0.39, 0.29) is 42.3 Å². The summed E-state index contributed by atoms with van der Waals surface area (Å²) in [5.74, 6) is 0.400. The second-order valence-corrected chi connectivity index (χ2v) is 10.3. The molecule has 33 heavy (non-hydrogen) atoms. The first kappa shape index (κ1) is 22.3. The van der Waals surface area contributed by atoms with Gasteiger partial charge in [0.15, 0.2) is 0 Å². The predicted octanol–water partition coefficient (Wildman–Crippen LogP) is 3.43. The van der Waals surface area contributed by atoms with Crippen LogP contribution in [0.1, 0.15) is 44.1 Å². The van der Waals surface area contributed by atoms with Crippen molar-refractivity contribution in [2.45, 2.75) is 56.8 Å². The SMILES string of the molecule is CN(c1ncccc1C(F)(F)F)C1CCN(C(=O)OC2C3CC4C[C@H]2CC(C(N)=O)(C4)C3)C1. The van der Waals surface area contributed by atoms with Gasteiger partial charge in [-0.05, 0) is 68.4 Å². The van der Waals surface area contributed by atoms with Crippen LogP contribution in [0.5, 0.6) is 0 Å². The summed E-state index contributed by atoms with van der Waals surface area (Å²) in [6.07, 6.45) is 0.845. The minimum absolute atomic E-state index is 0.136. The molecule has 6 atom stereocenters. The van der Waals surface area contributed by atoms with E-state index in [4.69, 9.17) is 10.5 Å². The van der Waals surface area contributed by atoms with Crippen LogP contribution in [0.4, 0.5) is 23.8 Å². The molecule has 4 bridgehead atoms. The molecule has 5 aliphatic rings. The molecule has 5 fully saturated rings. The van der Waals surface area contributed by atoms with Gasteiger partial charge in [-0.15, -0.1) is 0 Å². The molecule has 2 heterocycles. The van der Waals surface area contributed by atoms with Crippen molar-refractivity contribution in [1.29, 1.82) is 0 Å². The molecule has 0 aromatic carbocycles. The fourth-order valence-corrected chi connectivity index (χ4v) is 6.96. The molecule has 0 spiro atoms. The lowest BCUT2D eigenvalue weighted by Crippen LogP contribution is -2.59. The van der Waals surface area contributed by atoms with Crippen molar-refractivity contribution < 1.29 is 27.5 Å². The van der Waals surface area contributed by atoms with Crippen molar-refractivity contribution in [1.82, 2.24) is 9.88 Å². The highest BCUT2D eigenvalue weighted by molar-refractivity contribution is 5.81. The number of nitrogens with two attached hydrogens (primary N) is 1. The maximum Gasteiger partial charge on any atom is 0.419 e. The summed E-state index contributed by atoms with van der Waals surface area (Å²) in [5.41, 5.74) is 4.50. The Balaban J connectivity index is 1.23. The fraction of sp³-hybridized carbons (Fsp3) is 0.696. The first-order valence-electron chi connectivity index (χ1n) is 11.6. The quantitative estimate of drug-likeness (QED) is 0.735. The minimum Gasteiger partial charge on any atom is -0.446 e. The number of ether oxygens (including phenoxy) is 1. The Morgan fingerprint density at radius 1 is 1.24 bits per heavy atom. The molecular formula is C23H29F3N4O3. The number of pyridine rings is 1. The van der Waals surface area contributed by atoms with Crippen LogP contribution in [-0.2, 0) is 15.7 Å². The van der Waals surface area contributed by atoms with Gasteiger partial charge in [-0.25, -0.2) is 9.78 Å². The van der Waals surface area contributed by atoms with Crippen molar-refractivity contribution in [2.24, 2.45) is 28.9 Å². The Hall–Kier alpha value is -2.52. The van der Waals surface area contributed by atoms with Crippen molar-refractivity contribution in [3.8, 4) is 0 Å². The highest BCUT2D eigenvalue weighted by Crippen LogP contribution is 2.60. The summed E-state index contributed by atoms with van der Waals surface area (Å²) >= 11 is 0. The highest BCUT2D eigenvalue weighted by Gasteiger charge is 2.59. The summed E-state index contributed by atoms with van der Waals surface area (Å²) < 4.78 is 46.2. The third-order valence-electron chi connectivity index (χ3n) is 8.34. The largest absolute Gasteiger partial charge is 0.446 e. The molecule has 6 rings (SSSR count). The van der Waals surface area contributed by atoms with Crippen molar-refractivity contribution in [3.05, 3.63) is 23.9 Å². The second kappa shape index (κ2) is 7.77. The summed E-state index contributed by atoms with van der Waals surface area (Å²) in [7, 11) is 1.58. The first-order valence-corrected chi connectivity index (χ1v) is 11.6. The van der Waals surface area contributed by atoms with Gasteiger partial charge in [0.25, 0.3) is 0 Å². The lowest BCUT2D eigenvalue weighted by Gasteiger charge is -2.58. The molecule has 0 radical (unpaired) electrons. The van der Waals surface area contributed by atoms with Crippen molar-refractivity contribution in [3.63, 3.8) is 0 Å². The number of hydrogen-bond donors (Lipinski definition) is 1. The maximum atomic E-state index is 13.4. The number of anilines is 1. The number of primary amides is 1. The number of aromatic nitrogens is 1. The normalized spacial score (nSPS) is 35.0. The number of amides is 2. The van der Waals surface area contributed by atoms with Gasteiger partial charge in [0.05, 0.1) is 11.0 Å². The molecule has 1 aliphatic heterocycles. The number of carbonyl (C=O) groups excluding carboxylic acids is 2. The Labute approximate surface area is 190 Å². The van der Waals surface area contributed by atoms with Crippen LogP contribution in [-0.4, -0.2) is 54.2 Å². The molecule has 2 N–H and O–H groups in total. The van der Waals surface area contributed by atoms with E-state index in [9.17, 15) is 22.8 Å². The van der Waals surface area contributed by atoms with Crippen LogP contribution in [0.2, 0.25) is 0 Å². The number of likely N-dealkylation sites (N-methyl/N-ethyl adjacent to an activating group) is 1. The average molecular weight is 467 g/mol. The zero-order chi connectivity index (χ0) is 23.5. The molecule has 10 heteroatoms. The first-order chi connectivity index (χ1) is 15.6. The Morgan fingerprint density at radius 3 is 2.58 bits per heavy atom. The van der Waals surface area contributed by atoms with Crippen LogP contribution in [0.15, 0.2) is 18.3 Å². The van der Waals surface area contributed by atoms with E-state index in [0.29, 0.717) is 31.7 Å². The predicted molar refractivity (Wildman–Crippen MR) is 113 cm³/mol. The van der Waals surface area contributed by atoms with Gasteiger partial charge in [0.1, 0.15) is 11.9 Å².